The SMILES string of the molecule is CC(C)(C)c1[c-]c2c(cc1)-c1ccc(C(C)(C)C)cc1C2.CC(C)(C)c1ccc([C](=[Zr+2])c2ccc(C(C)(C)C)cc2)cc1.Cc1cc([Si](C)(C)C)c(C)[cH-]1.[Cl-].[Cl-]. The van der Waals surface area contributed by atoms with Crippen LogP contribution in [0.15, 0.2) is 91.0 Å². The smallest absolute Gasteiger partial charge is 0.00418 e. The van der Waals surface area contributed by atoms with Crippen molar-refractivity contribution < 1.29 is 49.0 Å². The average molecular weight is 883 g/mol. The van der Waals surface area contributed by atoms with Crippen molar-refractivity contribution in [1.29, 1.82) is 0 Å². The van der Waals surface area contributed by atoms with Crippen molar-refractivity contribution in [3.8, 4) is 11.1 Å². The predicted octanol–water partition coefficient (Wildman–Crippen LogP) is 7.63. The Morgan fingerprint density at radius 1 is 0.571 bits per heavy atom. The molecule has 0 amide bonds. The third kappa shape index (κ3) is 12.9. The van der Waals surface area contributed by atoms with Gasteiger partial charge >= 0.3 is 151 Å². The molecule has 0 aromatic heterocycles. The van der Waals surface area contributed by atoms with Gasteiger partial charge < -0.3 is 24.8 Å². The topological polar surface area (TPSA) is 0 Å². The second-order valence-corrected chi connectivity index (χ2v) is 27.0. The van der Waals surface area contributed by atoms with E-state index in [0.717, 1.165) is 6.42 Å². The molecule has 0 aliphatic heterocycles. The molecule has 0 fully saturated rings. The molecule has 0 unspecified atom stereocenters. The Balaban J connectivity index is 0.000000300. The molecular weight excluding hydrogens is 815 g/mol. The molecule has 0 saturated heterocycles. The predicted molar refractivity (Wildman–Crippen MR) is 239 cm³/mol. The number of aryl methyl sites for hydroxylation is 2. The number of rotatable bonds is 3. The third-order valence-corrected chi connectivity index (χ3v) is 14.2. The van der Waals surface area contributed by atoms with Gasteiger partial charge in [-0.25, -0.2) is 6.07 Å². The minimum Gasteiger partial charge on any atom is -1.00 e. The first kappa shape index (κ1) is 49.9. The van der Waals surface area contributed by atoms with E-state index < -0.39 is 8.07 Å². The number of hydrogen-bond acceptors (Lipinski definition) is 0. The van der Waals surface area contributed by atoms with Crippen molar-refractivity contribution in [2.24, 2.45) is 0 Å². The Labute approximate surface area is 371 Å². The van der Waals surface area contributed by atoms with Crippen LogP contribution in [0.25, 0.3) is 11.1 Å². The Bertz CT molecular complexity index is 1940. The molecule has 300 valence electrons. The maximum absolute atomic E-state index is 3.67. The van der Waals surface area contributed by atoms with Crippen LogP contribution in [0.5, 0.6) is 0 Å². The number of benzene rings is 4. The van der Waals surface area contributed by atoms with Crippen LogP contribution < -0.4 is 30.0 Å². The molecule has 0 radical (unpaired) electrons. The Morgan fingerprint density at radius 3 is 1.36 bits per heavy atom. The monoisotopic (exact) mass is 880 g/mol. The Hall–Kier alpha value is -2.22. The maximum Gasteiger partial charge on any atom is 0.00418 e. The summed E-state index contributed by atoms with van der Waals surface area (Å²) in [7, 11) is -1.06. The molecule has 6 rings (SSSR count). The summed E-state index contributed by atoms with van der Waals surface area (Å²) in [5.41, 5.74) is 17.5. The van der Waals surface area contributed by atoms with E-state index in [4.69, 9.17) is 0 Å². The molecule has 56 heavy (non-hydrogen) atoms. The van der Waals surface area contributed by atoms with Crippen molar-refractivity contribution in [3.63, 3.8) is 0 Å². The fourth-order valence-corrected chi connectivity index (χ4v) is 9.81. The molecule has 0 atom stereocenters. The average Bonchev–Trinajstić information content (AvgIpc) is 3.61. The molecule has 4 heteroatoms. The molecule has 0 heterocycles. The second-order valence-electron chi connectivity index (χ2n) is 20.7. The van der Waals surface area contributed by atoms with E-state index in [0.29, 0.717) is 0 Å². The Kier molecular flexibility index (Phi) is 16.8. The van der Waals surface area contributed by atoms with E-state index >= 15 is 0 Å². The van der Waals surface area contributed by atoms with Crippen molar-refractivity contribution in [1.82, 2.24) is 0 Å². The molecule has 0 spiro atoms. The van der Waals surface area contributed by atoms with Gasteiger partial charge in [0.05, 0.1) is 0 Å². The van der Waals surface area contributed by atoms with Crippen LogP contribution in [0.2, 0.25) is 19.6 Å². The van der Waals surface area contributed by atoms with Crippen LogP contribution in [0.4, 0.5) is 0 Å². The van der Waals surface area contributed by atoms with Crippen molar-refractivity contribution in [2.75, 3.05) is 0 Å². The van der Waals surface area contributed by atoms with Crippen LogP contribution in [-0.4, -0.2) is 11.3 Å². The summed E-state index contributed by atoms with van der Waals surface area (Å²) >= 11 is 1.46. The molecule has 5 aromatic rings. The van der Waals surface area contributed by atoms with Gasteiger partial charge in [0.2, 0.25) is 0 Å². The van der Waals surface area contributed by atoms with E-state index in [1.165, 1.54) is 94.2 Å². The summed E-state index contributed by atoms with van der Waals surface area (Å²) in [4.78, 5) is 0. The minimum absolute atomic E-state index is 0. The molecule has 0 nitrogen and oxygen atoms in total. The molecule has 5 aromatic carbocycles. The van der Waals surface area contributed by atoms with Gasteiger partial charge in [-0.15, -0.1) is 11.1 Å². The van der Waals surface area contributed by atoms with Crippen molar-refractivity contribution >= 4 is 16.5 Å². The van der Waals surface area contributed by atoms with Gasteiger partial charge in [-0.3, -0.25) is 0 Å². The summed E-state index contributed by atoms with van der Waals surface area (Å²) in [6, 6.07) is 37.9. The van der Waals surface area contributed by atoms with Crippen LogP contribution in [0.1, 0.15) is 139 Å². The first-order valence-corrected chi connectivity index (χ1v) is 24.6. The molecule has 1 aliphatic rings. The number of fused-ring (bicyclic) bond motifs is 3. The van der Waals surface area contributed by atoms with Crippen LogP contribution in [0.3, 0.4) is 0 Å². The third-order valence-electron chi connectivity index (χ3n) is 10.6. The number of halogens is 2. The van der Waals surface area contributed by atoms with Gasteiger partial charge in [-0.1, -0.05) is 98.8 Å². The first-order valence-electron chi connectivity index (χ1n) is 19.9. The van der Waals surface area contributed by atoms with Crippen LogP contribution in [-0.2, 0) is 52.3 Å². The van der Waals surface area contributed by atoms with Crippen LogP contribution in [0, 0.1) is 19.9 Å². The zero-order valence-electron chi connectivity index (χ0n) is 37.6. The van der Waals surface area contributed by atoms with Crippen molar-refractivity contribution in [2.45, 2.75) is 145 Å². The molecular formula is C52H68Cl2SiZr-2. The van der Waals surface area contributed by atoms with E-state index in [2.05, 4.69) is 214 Å². The fourth-order valence-electron chi connectivity index (χ4n) is 7.08. The zero-order valence-corrected chi connectivity index (χ0v) is 42.6. The summed E-state index contributed by atoms with van der Waals surface area (Å²) in [6.45, 7) is 38.7. The van der Waals surface area contributed by atoms with Gasteiger partial charge in [-0.2, -0.15) is 46.1 Å². The van der Waals surface area contributed by atoms with E-state index in [1.54, 1.807) is 5.19 Å². The molecule has 0 bridgehead atoms. The van der Waals surface area contributed by atoms with Gasteiger partial charge in [0.15, 0.2) is 0 Å². The van der Waals surface area contributed by atoms with Gasteiger partial charge in [0, 0.05) is 8.07 Å². The molecule has 0 N–H and O–H groups in total. The standard InChI is InChI=1S/C21H25.C21H26.C10H17Si.2ClH.Zr/c1-20(2,3)16-7-9-18-14(12-16)11-15-13-17(21(4,5)6)8-10-19(15)18;1-20(2,3)18-11-7-16(8-12-18)15-17-9-13-19(14-10-17)21(4,5)6;1-8-6-9(2)10(7-8)11(3,4)5;;;/h7-10,12H,11H2,1-6H3;7-14H,1-6H3;6-7H,1-5H3;2*1H;/q-1;;-1;;;+2/p-2. The van der Waals surface area contributed by atoms with Gasteiger partial charge in [-0.05, 0) is 28.4 Å². The fraction of sp³-hybridized carbons (Fsp3) is 0.423. The minimum atomic E-state index is -1.06. The maximum atomic E-state index is 3.67. The summed E-state index contributed by atoms with van der Waals surface area (Å²) in [5.74, 6) is 0. The van der Waals surface area contributed by atoms with Gasteiger partial charge in [0.25, 0.3) is 0 Å². The first-order chi connectivity index (χ1) is 24.7. The molecule has 1 aliphatic carbocycles. The second kappa shape index (κ2) is 18.8. The quantitative estimate of drug-likeness (QED) is 0.127. The van der Waals surface area contributed by atoms with Crippen molar-refractivity contribution in [3.05, 3.63) is 153 Å². The van der Waals surface area contributed by atoms with Crippen LogP contribution >= 0.6 is 0 Å². The number of hydrogen-bond donors (Lipinski definition) is 0. The largest absolute Gasteiger partial charge is 1.00 e. The summed E-state index contributed by atoms with van der Waals surface area (Å²) < 4.78 is 1.42. The van der Waals surface area contributed by atoms with E-state index in [1.807, 2.05) is 0 Å². The van der Waals surface area contributed by atoms with Gasteiger partial charge in [0.1, 0.15) is 0 Å². The Morgan fingerprint density at radius 2 is 1.00 bits per heavy atom. The zero-order chi connectivity index (χ0) is 40.6. The molecule has 0 saturated carbocycles. The van der Waals surface area contributed by atoms with E-state index in [-0.39, 0.29) is 46.5 Å². The summed E-state index contributed by atoms with van der Waals surface area (Å²) in [5, 5.41) is 1.62. The van der Waals surface area contributed by atoms with E-state index in [9.17, 15) is 0 Å². The summed E-state index contributed by atoms with van der Waals surface area (Å²) in [6.07, 6.45) is 1.03. The normalized spacial score (nSPS) is 12.5.